The van der Waals surface area contributed by atoms with E-state index < -0.39 is 6.10 Å². The van der Waals surface area contributed by atoms with Crippen LogP contribution in [-0.2, 0) is 4.79 Å². The second kappa shape index (κ2) is 9.69. The molecule has 162 valence electrons. The lowest BCUT2D eigenvalue weighted by atomic mass is 10.2. The summed E-state index contributed by atoms with van der Waals surface area (Å²) in [6.45, 7) is 2.92. The fraction of sp³-hybridized carbons (Fsp3) is 0.286. The van der Waals surface area contributed by atoms with E-state index in [1.165, 1.54) is 24.3 Å². The number of carbonyl (C=O) groups excluding carboxylic acids is 1. The molecule has 1 aliphatic heterocycles. The van der Waals surface area contributed by atoms with Gasteiger partial charge in [-0.25, -0.2) is 4.39 Å². The number of nitrogens with one attached hydrogen (secondary N) is 1. The van der Waals surface area contributed by atoms with Gasteiger partial charge in [-0.15, -0.1) is 10.2 Å². The highest BCUT2D eigenvalue weighted by Gasteiger charge is 2.17. The van der Waals surface area contributed by atoms with Crippen molar-refractivity contribution in [3.05, 3.63) is 54.2 Å². The number of anilines is 1. The highest BCUT2D eigenvalue weighted by Crippen LogP contribution is 2.32. The molecule has 0 bridgehead atoms. The van der Waals surface area contributed by atoms with Crippen LogP contribution in [0, 0.1) is 5.82 Å². The van der Waals surface area contributed by atoms with Crippen LogP contribution in [0.1, 0.15) is 25.3 Å². The van der Waals surface area contributed by atoms with Crippen LogP contribution in [-0.4, -0.2) is 35.1 Å². The molecule has 2 aromatic carbocycles. The van der Waals surface area contributed by atoms with E-state index in [9.17, 15) is 9.18 Å². The van der Waals surface area contributed by atoms with Gasteiger partial charge < -0.3 is 23.9 Å². The molecule has 2 heterocycles. The van der Waals surface area contributed by atoms with Crippen molar-refractivity contribution in [1.82, 2.24) is 10.2 Å². The van der Waals surface area contributed by atoms with Gasteiger partial charge in [-0.3, -0.25) is 4.79 Å². The van der Waals surface area contributed by atoms with Crippen LogP contribution in [0.3, 0.4) is 0 Å². The summed E-state index contributed by atoms with van der Waals surface area (Å²) in [7, 11) is 0. The molecule has 1 aliphatic rings. The largest absolute Gasteiger partial charge is 0.490 e. The Labute approximate surface area is 182 Å². The molecule has 10 heteroatoms. The topological polar surface area (TPSA) is 95.7 Å². The van der Waals surface area contributed by atoms with Crippen molar-refractivity contribution >= 4 is 23.4 Å². The van der Waals surface area contributed by atoms with E-state index in [0.717, 1.165) is 18.2 Å². The predicted molar refractivity (Wildman–Crippen MR) is 111 cm³/mol. The SMILES string of the molecule is CC(Oc1ccc(F)cc1)c1nnc(SCC(=O)Nc2ccc3c(c2)OCCCO3)o1. The van der Waals surface area contributed by atoms with Crippen LogP contribution in [0.15, 0.2) is 52.1 Å². The first-order chi connectivity index (χ1) is 15.1. The average Bonchev–Trinajstić information content (AvgIpc) is 3.12. The van der Waals surface area contributed by atoms with E-state index in [2.05, 4.69) is 15.5 Å². The van der Waals surface area contributed by atoms with Gasteiger partial charge in [0.2, 0.25) is 5.91 Å². The molecule has 1 unspecified atom stereocenters. The molecule has 0 saturated heterocycles. The Morgan fingerprint density at radius 2 is 1.94 bits per heavy atom. The number of amides is 1. The first kappa shape index (κ1) is 21.0. The predicted octanol–water partition coefficient (Wildman–Crippen LogP) is 4.24. The van der Waals surface area contributed by atoms with Crippen LogP contribution in [0.2, 0.25) is 0 Å². The Morgan fingerprint density at radius 1 is 1.16 bits per heavy atom. The van der Waals surface area contributed by atoms with Gasteiger partial charge in [0, 0.05) is 18.2 Å². The van der Waals surface area contributed by atoms with Crippen LogP contribution >= 0.6 is 11.8 Å². The fourth-order valence-corrected chi connectivity index (χ4v) is 3.35. The van der Waals surface area contributed by atoms with E-state index in [1.807, 2.05) is 0 Å². The lowest BCUT2D eigenvalue weighted by Gasteiger charge is -2.10. The molecule has 4 rings (SSSR count). The van der Waals surface area contributed by atoms with Crippen LogP contribution in [0.4, 0.5) is 10.1 Å². The number of rotatable bonds is 7. The van der Waals surface area contributed by atoms with Gasteiger partial charge in [-0.2, -0.15) is 0 Å². The quantitative estimate of drug-likeness (QED) is 0.540. The summed E-state index contributed by atoms with van der Waals surface area (Å²) in [6, 6.07) is 10.9. The van der Waals surface area contributed by atoms with Crippen LogP contribution in [0.5, 0.6) is 17.2 Å². The summed E-state index contributed by atoms with van der Waals surface area (Å²) < 4.78 is 35.4. The van der Waals surface area contributed by atoms with E-state index in [-0.39, 0.29) is 28.6 Å². The normalized spacial score (nSPS) is 13.9. The van der Waals surface area contributed by atoms with Crippen molar-refractivity contribution in [2.45, 2.75) is 24.7 Å². The molecule has 1 aromatic heterocycles. The van der Waals surface area contributed by atoms with Gasteiger partial charge in [0.15, 0.2) is 17.6 Å². The van der Waals surface area contributed by atoms with Gasteiger partial charge in [0.1, 0.15) is 11.6 Å². The molecule has 1 atom stereocenters. The average molecular weight is 445 g/mol. The highest BCUT2D eigenvalue weighted by molar-refractivity contribution is 7.99. The van der Waals surface area contributed by atoms with Gasteiger partial charge in [0.25, 0.3) is 11.1 Å². The zero-order chi connectivity index (χ0) is 21.6. The number of benzene rings is 2. The zero-order valence-electron chi connectivity index (χ0n) is 16.7. The Balaban J connectivity index is 1.28. The first-order valence-electron chi connectivity index (χ1n) is 9.65. The number of ether oxygens (including phenoxy) is 3. The Kier molecular flexibility index (Phi) is 6.56. The minimum absolute atomic E-state index is 0.0866. The second-order valence-corrected chi connectivity index (χ2v) is 7.60. The summed E-state index contributed by atoms with van der Waals surface area (Å²) in [5.41, 5.74) is 0.613. The number of hydrogen-bond donors (Lipinski definition) is 1. The Morgan fingerprint density at radius 3 is 2.74 bits per heavy atom. The zero-order valence-corrected chi connectivity index (χ0v) is 17.5. The van der Waals surface area contributed by atoms with Crippen molar-refractivity contribution in [1.29, 1.82) is 0 Å². The molecule has 8 nitrogen and oxygen atoms in total. The summed E-state index contributed by atoms with van der Waals surface area (Å²) in [5.74, 6) is 1.53. The third kappa shape index (κ3) is 5.66. The van der Waals surface area contributed by atoms with Crippen LogP contribution < -0.4 is 19.5 Å². The third-order valence-corrected chi connectivity index (χ3v) is 5.07. The van der Waals surface area contributed by atoms with E-state index in [0.29, 0.717) is 36.1 Å². The fourth-order valence-electron chi connectivity index (χ4n) is 2.78. The van der Waals surface area contributed by atoms with E-state index in [1.54, 1.807) is 25.1 Å². The number of aromatic nitrogens is 2. The smallest absolute Gasteiger partial charge is 0.277 e. The van der Waals surface area contributed by atoms with Gasteiger partial charge in [-0.1, -0.05) is 11.8 Å². The Bertz CT molecular complexity index is 1040. The number of halogens is 1. The molecular weight excluding hydrogens is 425 g/mol. The number of thioether (sulfide) groups is 1. The minimum Gasteiger partial charge on any atom is -0.490 e. The maximum Gasteiger partial charge on any atom is 0.277 e. The number of hydrogen-bond acceptors (Lipinski definition) is 8. The summed E-state index contributed by atoms with van der Waals surface area (Å²) >= 11 is 1.11. The van der Waals surface area contributed by atoms with Crippen molar-refractivity contribution in [2.75, 3.05) is 24.3 Å². The van der Waals surface area contributed by atoms with Crippen LogP contribution in [0.25, 0.3) is 0 Å². The van der Waals surface area contributed by atoms with Gasteiger partial charge in [0.05, 0.1) is 19.0 Å². The molecule has 1 N–H and O–H groups in total. The second-order valence-electron chi connectivity index (χ2n) is 6.67. The van der Waals surface area contributed by atoms with E-state index >= 15 is 0 Å². The van der Waals surface area contributed by atoms with Gasteiger partial charge >= 0.3 is 0 Å². The van der Waals surface area contributed by atoms with Crippen molar-refractivity contribution in [2.24, 2.45) is 0 Å². The monoisotopic (exact) mass is 445 g/mol. The molecular formula is C21H20FN3O5S. The van der Waals surface area contributed by atoms with Crippen molar-refractivity contribution < 1.29 is 27.8 Å². The molecule has 31 heavy (non-hydrogen) atoms. The molecule has 1 amide bonds. The standard InChI is InChI=1S/C21H20FN3O5S/c1-13(29-16-6-3-14(22)4-7-16)20-24-25-21(30-20)31-12-19(26)23-15-5-8-17-18(11-15)28-10-2-9-27-17/h3-8,11,13H,2,9-10,12H2,1H3,(H,23,26). The maximum absolute atomic E-state index is 13.0. The lowest BCUT2D eigenvalue weighted by molar-refractivity contribution is -0.113. The molecule has 0 aliphatic carbocycles. The van der Waals surface area contributed by atoms with Crippen molar-refractivity contribution in [3.8, 4) is 17.2 Å². The molecule has 0 saturated carbocycles. The maximum atomic E-state index is 13.0. The first-order valence-corrected chi connectivity index (χ1v) is 10.6. The summed E-state index contributed by atoms with van der Waals surface area (Å²) in [5, 5.41) is 10.9. The van der Waals surface area contributed by atoms with Gasteiger partial charge in [-0.05, 0) is 43.3 Å². The highest BCUT2D eigenvalue weighted by atomic mass is 32.2. The third-order valence-electron chi connectivity index (χ3n) is 4.25. The number of carbonyl (C=O) groups is 1. The Hall–Kier alpha value is -3.27. The summed E-state index contributed by atoms with van der Waals surface area (Å²) in [6.07, 6.45) is 0.287. The molecule has 3 aromatic rings. The van der Waals surface area contributed by atoms with E-state index in [4.69, 9.17) is 18.6 Å². The molecule has 0 fully saturated rings. The summed E-state index contributed by atoms with van der Waals surface area (Å²) in [4.78, 5) is 12.3. The number of nitrogens with zero attached hydrogens (tertiary/aromatic N) is 2. The molecule has 0 radical (unpaired) electrons. The lowest BCUT2D eigenvalue weighted by Crippen LogP contribution is -2.14. The van der Waals surface area contributed by atoms with Crippen molar-refractivity contribution in [3.63, 3.8) is 0 Å². The number of fused-ring (bicyclic) bond motifs is 1. The molecule has 0 spiro atoms. The minimum atomic E-state index is -0.525.